The number of hydrogen-bond donors (Lipinski definition) is 1. The second-order valence-electron chi connectivity index (χ2n) is 5.51. The van der Waals surface area contributed by atoms with Gasteiger partial charge in [0.15, 0.2) is 0 Å². The van der Waals surface area contributed by atoms with Crippen molar-refractivity contribution in [2.24, 2.45) is 0 Å². The van der Waals surface area contributed by atoms with E-state index < -0.39 is 0 Å². The van der Waals surface area contributed by atoms with Gasteiger partial charge in [0.1, 0.15) is 0 Å². The first-order valence-corrected chi connectivity index (χ1v) is 7.14. The van der Waals surface area contributed by atoms with Gasteiger partial charge in [-0.1, -0.05) is 6.07 Å². The normalized spacial score (nSPS) is 13.2. The van der Waals surface area contributed by atoms with E-state index in [1.165, 1.54) is 0 Å². The van der Waals surface area contributed by atoms with Crippen molar-refractivity contribution < 1.29 is 9.59 Å². The van der Waals surface area contributed by atoms with Gasteiger partial charge in [0.2, 0.25) is 11.8 Å². The zero-order valence-electron chi connectivity index (χ0n) is 12.6. The molecule has 5 nitrogen and oxygen atoms in total. The molecule has 1 aliphatic rings. The smallest absolute Gasteiger partial charge is 0.231 e. The zero-order valence-corrected chi connectivity index (χ0v) is 12.6. The van der Waals surface area contributed by atoms with Crippen LogP contribution >= 0.6 is 0 Å². The molecule has 2 heterocycles. The van der Waals surface area contributed by atoms with Gasteiger partial charge in [-0.05, 0) is 42.3 Å². The van der Waals surface area contributed by atoms with E-state index in [0.717, 1.165) is 22.5 Å². The van der Waals surface area contributed by atoms with E-state index >= 15 is 0 Å². The maximum atomic E-state index is 12.1. The number of fused-ring (bicyclic) bond motifs is 1. The Labute approximate surface area is 129 Å². The number of carbonyl (C=O) groups excluding carboxylic acids is 2. The molecule has 112 valence electrons. The second-order valence-corrected chi connectivity index (χ2v) is 5.51. The number of nitrogens with one attached hydrogen (secondary N) is 1. The number of aryl methyl sites for hydroxylation is 1. The van der Waals surface area contributed by atoms with E-state index in [-0.39, 0.29) is 18.2 Å². The Kier molecular flexibility index (Phi) is 3.63. The van der Waals surface area contributed by atoms with Gasteiger partial charge in [-0.15, -0.1) is 0 Å². The van der Waals surface area contributed by atoms with Crippen molar-refractivity contribution in [2.75, 3.05) is 17.3 Å². The third-order valence-electron chi connectivity index (χ3n) is 3.78. The van der Waals surface area contributed by atoms with Gasteiger partial charge in [-0.2, -0.15) is 0 Å². The van der Waals surface area contributed by atoms with Crippen LogP contribution in [-0.2, 0) is 22.4 Å². The molecular formula is C17H17N3O2. The lowest BCUT2D eigenvalue weighted by Crippen LogP contribution is -2.20. The Hall–Kier alpha value is -2.69. The monoisotopic (exact) mass is 295 g/mol. The molecule has 0 fully saturated rings. The number of pyridine rings is 1. The molecule has 3 rings (SSSR count). The van der Waals surface area contributed by atoms with Crippen LogP contribution in [-0.4, -0.2) is 23.8 Å². The van der Waals surface area contributed by atoms with Crippen LogP contribution in [0.25, 0.3) is 0 Å². The van der Waals surface area contributed by atoms with E-state index in [1.54, 1.807) is 18.1 Å². The fourth-order valence-electron chi connectivity index (χ4n) is 2.54. The number of amides is 2. The van der Waals surface area contributed by atoms with E-state index in [4.69, 9.17) is 0 Å². The highest BCUT2D eigenvalue weighted by atomic mass is 16.2. The first-order chi connectivity index (χ1) is 10.5. The molecule has 0 saturated heterocycles. The third-order valence-corrected chi connectivity index (χ3v) is 3.78. The summed E-state index contributed by atoms with van der Waals surface area (Å²) in [5, 5.41) is 2.87. The van der Waals surface area contributed by atoms with E-state index in [0.29, 0.717) is 12.1 Å². The molecule has 0 saturated carbocycles. The first-order valence-electron chi connectivity index (χ1n) is 7.14. The summed E-state index contributed by atoms with van der Waals surface area (Å²) in [5.74, 6) is -0.0208. The lowest BCUT2D eigenvalue weighted by atomic mass is 10.1. The van der Waals surface area contributed by atoms with Gasteiger partial charge in [-0.25, -0.2) is 0 Å². The lowest BCUT2D eigenvalue weighted by Gasteiger charge is -2.11. The van der Waals surface area contributed by atoms with Gasteiger partial charge >= 0.3 is 0 Å². The standard InChI is InChI=1S/C17H17N3O2/c1-11-3-4-12(10-18-11)7-16(21)19-14-5-6-15-13(8-14)9-17(22)20(15)2/h3-6,8,10H,7,9H2,1-2H3,(H,19,21). The maximum absolute atomic E-state index is 12.1. The summed E-state index contributed by atoms with van der Waals surface area (Å²) in [6.07, 6.45) is 2.38. The third kappa shape index (κ3) is 2.83. The number of benzene rings is 1. The number of carbonyl (C=O) groups is 2. The summed E-state index contributed by atoms with van der Waals surface area (Å²) in [6.45, 7) is 1.91. The fraction of sp³-hybridized carbons (Fsp3) is 0.235. The molecule has 0 atom stereocenters. The molecule has 1 aliphatic heterocycles. The van der Waals surface area contributed by atoms with Crippen molar-refractivity contribution in [1.29, 1.82) is 0 Å². The predicted octanol–water partition coefficient (Wildman–Crippen LogP) is 2.09. The molecule has 1 aromatic carbocycles. The highest BCUT2D eigenvalue weighted by Crippen LogP contribution is 2.29. The van der Waals surface area contributed by atoms with E-state index in [9.17, 15) is 9.59 Å². The van der Waals surface area contributed by atoms with Crippen LogP contribution in [0.3, 0.4) is 0 Å². The zero-order chi connectivity index (χ0) is 15.7. The average Bonchev–Trinajstić information content (AvgIpc) is 2.76. The first kappa shape index (κ1) is 14.3. The van der Waals surface area contributed by atoms with Crippen molar-refractivity contribution >= 4 is 23.2 Å². The molecular weight excluding hydrogens is 278 g/mol. The minimum atomic E-state index is -0.0942. The van der Waals surface area contributed by atoms with Gasteiger partial charge in [-0.3, -0.25) is 14.6 Å². The average molecular weight is 295 g/mol. The molecule has 1 aromatic heterocycles. The fourth-order valence-corrected chi connectivity index (χ4v) is 2.54. The number of anilines is 2. The highest BCUT2D eigenvalue weighted by Gasteiger charge is 2.23. The molecule has 22 heavy (non-hydrogen) atoms. The maximum Gasteiger partial charge on any atom is 0.231 e. The van der Waals surface area contributed by atoms with E-state index in [2.05, 4.69) is 10.3 Å². The molecule has 5 heteroatoms. The molecule has 0 unspecified atom stereocenters. The van der Waals surface area contributed by atoms with Crippen molar-refractivity contribution in [1.82, 2.24) is 4.98 Å². The van der Waals surface area contributed by atoms with Crippen LogP contribution in [0.1, 0.15) is 16.8 Å². The largest absolute Gasteiger partial charge is 0.326 e. The summed E-state index contributed by atoms with van der Waals surface area (Å²) in [7, 11) is 1.76. The Bertz CT molecular complexity index is 738. The molecule has 0 radical (unpaired) electrons. The predicted molar refractivity (Wildman–Crippen MR) is 84.9 cm³/mol. The van der Waals surface area contributed by atoms with Crippen LogP contribution in [0.2, 0.25) is 0 Å². The summed E-state index contributed by atoms with van der Waals surface area (Å²) in [6, 6.07) is 9.34. The van der Waals surface area contributed by atoms with Gasteiger partial charge in [0, 0.05) is 30.3 Å². The highest BCUT2D eigenvalue weighted by molar-refractivity contribution is 6.02. The second kappa shape index (κ2) is 5.60. The number of hydrogen-bond acceptors (Lipinski definition) is 3. The van der Waals surface area contributed by atoms with Crippen molar-refractivity contribution in [3.8, 4) is 0 Å². The summed E-state index contributed by atoms with van der Waals surface area (Å²) < 4.78 is 0. The minimum Gasteiger partial charge on any atom is -0.326 e. The van der Waals surface area contributed by atoms with Crippen LogP contribution in [0.4, 0.5) is 11.4 Å². The molecule has 0 aliphatic carbocycles. The van der Waals surface area contributed by atoms with Crippen molar-refractivity contribution in [3.63, 3.8) is 0 Å². The van der Waals surface area contributed by atoms with Crippen molar-refractivity contribution in [2.45, 2.75) is 19.8 Å². The van der Waals surface area contributed by atoms with E-state index in [1.807, 2.05) is 37.3 Å². The molecule has 0 spiro atoms. The SMILES string of the molecule is Cc1ccc(CC(=O)Nc2ccc3c(c2)CC(=O)N3C)cn1. The van der Waals surface area contributed by atoms with Crippen LogP contribution in [0.15, 0.2) is 36.5 Å². The van der Waals surface area contributed by atoms with Crippen LogP contribution in [0.5, 0.6) is 0 Å². The molecule has 0 bridgehead atoms. The number of rotatable bonds is 3. The van der Waals surface area contributed by atoms with Gasteiger partial charge in [0.25, 0.3) is 0 Å². The molecule has 1 N–H and O–H groups in total. The Morgan fingerprint density at radius 1 is 1.32 bits per heavy atom. The number of nitrogens with zero attached hydrogens (tertiary/aromatic N) is 2. The van der Waals surface area contributed by atoms with Crippen molar-refractivity contribution in [3.05, 3.63) is 53.3 Å². The van der Waals surface area contributed by atoms with Crippen LogP contribution < -0.4 is 10.2 Å². The molecule has 2 aromatic rings. The van der Waals surface area contributed by atoms with Crippen LogP contribution in [0, 0.1) is 6.92 Å². The van der Waals surface area contributed by atoms with Gasteiger partial charge < -0.3 is 10.2 Å². The lowest BCUT2D eigenvalue weighted by molar-refractivity contribution is -0.117. The topological polar surface area (TPSA) is 62.3 Å². The number of aromatic nitrogens is 1. The minimum absolute atomic E-state index is 0.0733. The number of likely N-dealkylation sites (N-methyl/N-ethyl adjacent to an activating group) is 1. The quantitative estimate of drug-likeness (QED) is 0.943. The summed E-state index contributed by atoms with van der Waals surface area (Å²) >= 11 is 0. The summed E-state index contributed by atoms with van der Waals surface area (Å²) in [4.78, 5) is 29.6. The Morgan fingerprint density at radius 2 is 2.14 bits per heavy atom. The molecule has 2 amide bonds. The summed E-state index contributed by atoms with van der Waals surface area (Å²) in [5.41, 5.74) is 4.37. The Balaban J connectivity index is 1.69. The van der Waals surface area contributed by atoms with Gasteiger partial charge in [0.05, 0.1) is 12.8 Å². The Morgan fingerprint density at radius 3 is 2.86 bits per heavy atom.